The van der Waals surface area contributed by atoms with Gasteiger partial charge in [-0.05, 0) is 133 Å². The van der Waals surface area contributed by atoms with Crippen LogP contribution in [0.5, 0.6) is 0 Å². The van der Waals surface area contributed by atoms with E-state index in [4.69, 9.17) is 33.7 Å². The van der Waals surface area contributed by atoms with Crippen molar-refractivity contribution in [2.45, 2.75) is 152 Å². The Labute approximate surface area is 450 Å². The summed E-state index contributed by atoms with van der Waals surface area (Å²) in [5.41, 5.74) is 8.91. The van der Waals surface area contributed by atoms with Crippen molar-refractivity contribution in [3.05, 3.63) is 52.1 Å². The van der Waals surface area contributed by atoms with Crippen LogP contribution in [0.1, 0.15) is 120 Å². The monoisotopic (exact) mass is 1060 g/mol. The number of hydrogen-bond donors (Lipinski definition) is 2. The van der Waals surface area contributed by atoms with Crippen LogP contribution in [0.2, 0.25) is 0 Å². The number of amides is 2. The Balaban J connectivity index is 0.955. The molecule has 2 amide bonds. The molecule has 1 aromatic carbocycles. The summed E-state index contributed by atoms with van der Waals surface area (Å²) in [5.74, 6) is -0.425. The number of fused-ring (bicyclic) bond motifs is 5. The second-order valence-electron chi connectivity index (χ2n) is 24.7. The van der Waals surface area contributed by atoms with Gasteiger partial charge in [0.1, 0.15) is 22.2 Å². The average molecular weight is 1060 g/mol. The first-order chi connectivity index (χ1) is 36.8. The Kier molecular flexibility index (Phi) is 13.4. The molecule has 0 radical (unpaired) electrons. The summed E-state index contributed by atoms with van der Waals surface area (Å²) in [5, 5.41) is 8.89. The average Bonchev–Trinajstić information content (AvgIpc) is 3.98. The highest BCUT2D eigenvalue weighted by molar-refractivity contribution is 7.10. The fraction of sp³-hybridized carbons (Fsp3) is 0.672. The highest BCUT2D eigenvalue weighted by Gasteiger charge is 2.62. The molecule has 10 fully saturated rings. The number of cyclic esters (lactones) is 1. The first kappa shape index (κ1) is 50.9. The van der Waals surface area contributed by atoms with Crippen molar-refractivity contribution < 1.29 is 38.1 Å². The lowest BCUT2D eigenvalue weighted by Crippen LogP contribution is -2.75. The number of thiazole rings is 1. The zero-order chi connectivity index (χ0) is 52.1. The number of benzene rings is 1. The molecule has 3 aliphatic carbocycles. The van der Waals surface area contributed by atoms with Crippen LogP contribution in [-0.4, -0.2) is 162 Å². The van der Waals surface area contributed by atoms with Crippen molar-refractivity contribution in [2.75, 3.05) is 84.3 Å². The van der Waals surface area contributed by atoms with E-state index in [1.807, 2.05) is 13.1 Å². The highest BCUT2D eigenvalue weighted by atomic mass is 32.1. The summed E-state index contributed by atoms with van der Waals surface area (Å²) in [7, 11) is 1.75. The fourth-order valence-corrected chi connectivity index (χ4v) is 15.2. The van der Waals surface area contributed by atoms with Crippen LogP contribution in [0, 0.1) is 17.3 Å². The number of esters is 1. The number of anilines is 1. The summed E-state index contributed by atoms with van der Waals surface area (Å²) in [6.45, 7) is 17.1. The number of piperazine rings is 1. The summed E-state index contributed by atoms with van der Waals surface area (Å²) >= 11 is 1.54. The maximum Gasteiger partial charge on any atom is 0.328 e. The lowest BCUT2D eigenvalue weighted by atomic mass is 9.66. The molecule has 15 rings (SSSR count). The second-order valence-corrected chi connectivity index (χ2v) is 25.6. The zero-order valence-electron chi connectivity index (χ0n) is 45.2. The van der Waals surface area contributed by atoms with Gasteiger partial charge in [-0.15, -0.1) is 11.3 Å². The number of hydrazine groups is 1. The molecule has 3 aromatic heterocycles. The van der Waals surface area contributed by atoms with Crippen molar-refractivity contribution in [3.63, 3.8) is 0 Å². The van der Waals surface area contributed by atoms with E-state index in [0.717, 1.165) is 126 Å². The van der Waals surface area contributed by atoms with E-state index >= 15 is 4.79 Å². The number of carbonyl (C=O) groups is 3. The molecule has 76 heavy (non-hydrogen) atoms. The van der Waals surface area contributed by atoms with Crippen molar-refractivity contribution in [2.24, 2.45) is 17.3 Å². The molecule has 8 aliphatic heterocycles. The van der Waals surface area contributed by atoms with Gasteiger partial charge in [-0.2, -0.15) is 0 Å². The molecule has 4 aromatic rings. The van der Waals surface area contributed by atoms with Crippen LogP contribution in [-0.2, 0) is 51.0 Å². The molecule has 3 saturated carbocycles. The molecule has 2 N–H and O–H groups in total. The molecule has 4 atom stereocenters. The van der Waals surface area contributed by atoms with Gasteiger partial charge in [0.25, 0.3) is 11.8 Å². The number of pyridine rings is 1. The third kappa shape index (κ3) is 9.27. The van der Waals surface area contributed by atoms with Crippen LogP contribution in [0.3, 0.4) is 0 Å². The van der Waals surface area contributed by atoms with E-state index in [1.165, 1.54) is 12.8 Å². The smallest absolute Gasteiger partial charge is 0.328 e. The van der Waals surface area contributed by atoms with Gasteiger partial charge in [0, 0.05) is 98.5 Å². The van der Waals surface area contributed by atoms with Crippen LogP contribution in [0.15, 0.2) is 35.8 Å². The molecule has 9 bridgehead atoms. The molecule has 408 valence electrons. The topological polar surface area (TPSA) is 165 Å². The Morgan fingerprint density at radius 1 is 0.987 bits per heavy atom. The van der Waals surface area contributed by atoms with Crippen LogP contribution in [0.25, 0.3) is 33.4 Å². The van der Waals surface area contributed by atoms with Gasteiger partial charge >= 0.3 is 5.97 Å². The van der Waals surface area contributed by atoms with Crippen molar-refractivity contribution >= 4 is 45.7 Å². The predicted molar refractivity (Wildman–Crippen MR) is 289 cm³/mol. The summed E-state index contributed by atoms with van der Waals surface area (Å²) in [4.78, 5) is 63.0. The van der Waals surface area contributed by atoms with Gasteiger partial charge in [0.05, 0.1) is 66.5 Å². The molecule has 11 heterocycles. The van der Waals surface area contributed by atoms with Crippen LogP contribution < -0.4 is 15.6 Å². The molecular formula is C58H77N9O8S. The van der Waals surface area contributed by atoms with Gasteiger partial charge in [0.2, 0.25) is 0 Å². The largest absolute Gasteiger partial charge is 0.464 e. The van der Waals surface area contributed by atoms with Crippen molar-refractivity contribution in [3.8, 4) is 22.5 Å². The number of aromatic nitrogens is 3. The SMILES string of the molecule is CO[C@@H](C)c1ncc(N2CCN(C3CC3)CC2)cc1-c1c2c3cc(ccc3n1CCOC1CCOCC1)-c1csc(n1)[C@@H](N1CCCC1)[C@H](NC(=O)C13CC(C1)C(C)O3)C(=O)N1CC3CC(C3)(N1)C(=O)OCC(C)(C)C2. The lowest BCUT2D eigenvalue weighted by molar-refractivity contribution is -0.180. The van der Waals surface area contributed by atoms with E-state index in [-0.39, 0.29) is 48.6 Å². The third-order valence-corrected chi connectivity index (χ3v) is 19.7. The number of nitrogens with zero attached hydrogens (tertiary/aromatic N) is 7. The fourth-order valence-electron chi connectivity index (χ4n) is 14.2. The van der Waals surface area contributed by atoms with E-state index in [2.05, 4.69) is 80.4 Å². The standard InChI is InChI=1S/C58H77N9O8S/c1-35-39-28-58(29-39,75-35)54(69)61-49-51(65-14-6-7-15-65)52-60-46(33-76-52)38-8-11-47-43(24-38)45(30-56(3,4)34-74-55(70)57-26-37(27-57)32-67(62-57)53(49)68)50(66(47)20-23-73-42-12-21-72-22-13-42)44-25-41(31-59-48(44)36(2)71-5)64-18-16-63(17-19-64)40-9-10-40/h8,11,24-25,31,33,35-37,39-40,42,49,51,62H,6-7,9-10,12-23,26-30,32,34H2,1-5H3,(H,61,69)/t35?,36-,37?,39?,49-,51-,57?,58?/m0/s1. The molecule has 17 nitrogen and oxygen atoms in total. The number of rotatable bonds is 12. The first-order valence-electron chi connectivity index (χ1n) is 28.6. The normalized spacial score (nSPS) is 31.5. The number of methoxy groups -OCH3 is 1. The second kappa shape index (κ2) is 20.0. The predicted octanol–water partition coefficient (Wildman–Crippen LogP) is 6.82. The van der Waals surface area contributed by atoms with E-state index in [1.54, 1.807) is 23.5 Å². The summed E-state index contributed by atoms with van der Waals surface area (Å²) < 4.78 is 33.8. The van der Waals surface area contributed by atoms with E-state index < -0.39 is 28.6 Å². The van der Waals surface area contributed by atoms with Crippen molar-refractivity contribution in [1.82, 2.24) is 40.1 Å². The lowest BCUT2D eigenvalue weighted by Gasteiger charge is -2.55. The van der Waals surface area contributed by atoms with Gasteiger partial charge < -0.3 is 38.5 Å². The number of ether oxygens (including phenoxy) is 5. The van der Waals surface area contributed by atoms with Gasteiger partial charge in [0.15, 0.2) is 0 Å². The molecule has 1 spiro atoms. The van der Waals surface area contributed by atoms with Gasteiger partial charge in [-0.25, -0.2) is 15.2 Å². The van der Waals surface area contributed by atoms with E-state index in [0.29, 0.717) is 70.9 Å². The molecular weight excluding hydrogens is 983 g/mol. The van der Waals surface area contributed by atoms with Gasteiger partial charge in [-0.3, -0.25) is 29.4 Å². The summed E-state index contributed by atoms with van der Waals surface area (Å²) in [6, 6.07) is 8.23. The molecule has 18 heteroatoms. The van der Waals surface area contributed by atoms with E-state index in [9.17, 15) is 9.59 Å². The quantitative estimate of drug-likeness (QED) is 0.142. The first-order valence-corrected chi connectivity index (χ1v) is 29.5. The minimum atomic E-state index is -1.06. The maximum atomic E-state index is 15.4. The maximum absolute atomic E-state index is 15.4. The molecule has 11 aliphatic rings. The number of nitrogens with one attached hydrogen (secondary N) is 2. The molecule has 7 saturated heterocycles. The number of hydrogen-bond acceptors (Lipinski definition) is 15. The van der Waals surface area contributed by atoms with Crippen LogP contribution >= 0.6 is 11.3 Å². The van der Waals surface area contributed by atoms with Crippen LogP contribution in [0.4, 0.5) is 5.69 Å². The minimum Gasteiger partial charge on any atom is -0.464 e. The van der Waals surface area contributed by atoms with Gasteiger partial charge in [-0.1, -0.05) is 19.9 Å². The Hall–Kier alpha value is -4.53. The molecule has 1 unspecified atom stereocenters. The van der Waals surface area contributed by atoms with Crippen molar-refractivity contribution in [1.29, 1.82) is 0 Å². The highest BCUT2D eigenvalue weighted by Crippen LogP contribution is 2.53. The summed E-state index contributed by atoms with van der Waals surface area (Å²) in [6.07, 6.45) is 11.2. The zero-order valence-corrected chi connectivity index (χ0v) is 46.0. The Bertz CT molecular complexity index is 2850. The number of carbonyl (C=O) groups excluding carboxylic acids is 3. The number of likely N-dealkylation sites (tertiary alicyclic amines) is 1. The Morgan fingerprint density at radius 3 is 2.49 bits per heavy atom. The minimum absolute atomic E-state index is 0.0127. The third-order valence-electron chi connectivity index (χ3n) is 18.8. The Morgan fingerprint density at radius 2 is 1.76 bits per heavy atom.